The number of anilines is 1. The average molecular weight is 554 g/mol. The molecule has 2 amide bonds. The van der Waals surface area contributed by atoms with Crippen LogP contribution < -0.4 is 11.1 Å². The number of fused-ring (bicyclic) bond motifs is 1. The van der Waals surface area contributed by atoms with E-state index in [0.717, 1.165) is 6.07 Å². The summed E-state index contributed by atoms with van der Waals surface area (Å²) in [7, 11) is 0. The third kappa shape index (κ3) is 5.05. The number of primary amides is 1. The zero-order valence-corrected chi connectivity index (χ0v) is 21.9. The lowest BCUT2D eigenvalue weighted by molar-refractivity contribution is -0.140. The summed E-state index contributed by atoms with van der Waals surface area (Å²) in [6.07, 6.45) is -3.16. The van der Waals surface area contributed by atoms with E-state index in [9.17, 15) is 22.8 Å². The number of nitrogens with two attached hydrogens (primary N) is 1. The van der Waals surface area contributed by atoms with E-state index >= 15 is 0 Å². The highest BCUT2D eigenvalue weighted by atomic mass is 35.5. The molecule has 9 nitrogen and oxygen atoms in total. The number of carbonyl (C=O) groups excluding carboxylic acids is 2. The second-order valence-electron chi connectivity index (χ2n) is 8.39. The van der Waals surface area contributed by atoms with E-state index in [4.69, 9.17) is 17.3 Å². The summed E-state index contributed by atoms with van der Waals surface area (Å²) >= 11 is 6.86. The van der Waals surface area contributed by atoms with Crippen LogP contribution in [0.5, 0.6) is 0 Å². The minimum atomic E-state index is -4.74. The zero-order chi connectivity index (χ0) is 27.2. The molecule has 0 aliphatic carbocycles. The van der Waals surface area contributed by atoms with Crippen molar-refractivity contribution in [2.45, 2.75) is 53.4 Å². The van der Waals surface area contributed by atoms with Crippen LogP contribution in [0.15, 0.2) is 12.3 Å². The Morgan fingerprint density at radius 1 is 1.16 bits per heavy atom. The second kappa shape index (κ2) is 9.78. The number of thiophene rings is 1. The van der Waals surface area contributed by atoms with Gasteiger partial charge in [-0.25, -0.2) is 4.98 Å². The quantitative estimate of drug-likeness (QED) is 0.330. The lowest BCUT2D eigenvalue weighted by atomic mass is 10.0. The monoisotopic (exact) mass is 553 g/mol. The Kier molecular flexibility index (Phi) is 7.04. The number of aryl methyl sites for hydroxylation is 4. The molecular weight excluding hydrogens is 531 g/mol. The van der Waals surface area contributed by atoms with Gasteiger partial charge in [0.05, 0.1) is 34.3 Å². The molecule has 0 saturated carbocycles. The first kappa shape index (κ1) is 26.6. The Morgan fingerprint density at radius 3 is 2.41 bits per heavy atom. The molecule has 0 saturated heterocycles. The van der Waals surface area contributed by atoms with Crippen LogP contribution in [0.4, 0.5) is 18.9 Å². The Hall–Kier alpha value is -3.45. The summed E-state index contributed by atoms with van der Waals surface area (Å²) in [4.78, 5) is 28.8. The topological polar surface area (TPSA) is 121 Å². The summed E-state index contributed by atoms with van der Waals surface area (Å²) in [5.41, 5.74) is 6.79. The molecule has 0 radical (unpaired) electrons. The van der Waals surface area contributed by atoms with Gasteiger partial charge in [0.25, 0.3) is 5.91 Å². The Balaban J connectivity index is 1.83. The molecule has 4 aromatic rings. The number of hydrogen-bond donors (Lipinski definition) is 2. The Morgan fingerprint density at radius 2 is 1.86 bits per heavy atom. The number of hydrogen-bond acceptors (Lipinski definition) is 6. The van der Waals surface area contributed by atoms with E-state index in [2.05, 4.69) is 20.5 Å². The third-order valence-electron chi connectivity index (χ3n) is 5.85. The van der Waals surface area contributed by atoms with Gasteiger partial charge in [0, 0.05) is 30.1 Å². The molecule has 4 heterocycles. The number of rotatable bonds is 7. The van der Waals surface area contributed by atoms with Gasteiger partial charge in [0.15, 0.2) is 0 Å². The highest BCUT2D eigenvalue weighted by molar-refractivity contribution is 7.21. The number of halogens is 4. The van der Waals surface area contributed by atoms with Crippen molar-refractivity contribution in [1.82, 2.24) is 24.5 Å². The van der Waals surface area contributed by atoms with Crippen LogP contribution >= 0.6 is 22.9 Å². The molecule has 0 aliphatic heterocycles. The van der Waals surface area contributed by atoms with Gasteiger partial charge in [-0.15, -0.1) is 11.3 Å². The maximum absolute atomic E-state index is 13.7. The Labute approximate surface area is 218 Å². The van der Waals surface area contributed by atoms with Gasteiger partial charge < -0.3 is 11.1 Å². The van der Waals surface area contributed by atoms with Crippen molar-refractivity contribution in [3.63, 3.8) is 0 Å². The van der Waals surface area contributed by atoms with E-state index in [-0.39, 0.29) is 39.3 Å². The summed E-state index contributed by atoms with van der Waals surface area (Å²) in [5, 5.41) is 12.0. The van der Waals surface area contributed by atoms with Crippen molar-refractivity contribution >= 4 is 50.7 Å². The van der Waals surface area contributed by atoms with E-state index in [1.54, 1.807) is 36.3 Å². The number of amides is 2. The smallest absolute Gasteiger partial charge is 0.365 e. The van der Waals surface area contributed by atoms with Crippen LogP contribution in [0.3, 0.4) is 0 Å². The van der Waals surface area contributed by atoms with Gasteiger partial charge in [-0.3, -0.25) is 19.0 Å². The molecule has 0 aromatic carbocycles. The third-order valence-corrected chi connectivity index (χ3v) is 7.49. The predicted octanol–water partition coefficient (Wildman–Crippen LogP) is 5.10. The van der Waals surface area contributed by atoms with Gasteiger partial charge in [-0.05, 0) is 39.3 Å². The van der Waals surface area contributed by atoms with Gasteiger partial charge in [0.2, 0.25) is 5.91 Å². The van der Waals surface area contributed by atoms with E-state index in [0.29, 0.717) is 45.5 Å². The minimum absolute atomic E-state index is 0.0174. The van der Waals surface area contributed by atoms with Crippen molar-refractivity contribution in [2.75, 3.05) is 5.32 Å². The standard InChI is InChI=1S/C23H23ClF3N7O2S/c1-5-33-9-14(10(2)31-33)13-8-15(23(25,26)27)29-22-17(13)19(20(37-22)21(28)36)30-16(35)6-7-34-12(4)18(24)11(3)32-34/h8-9H,5-7H2,1-4H3,(H2,28,36)(H,30,35). The first-order valence-electron chi connectivity index (χ1n) is 11.2. The molecule has 0 aliphatic rings. The molecule has 4 rings (SSSR count). The number of pyridine rings is 1. The Bertz CT molecular complexity index is 1540. The lowest BCUT2D eigenvalue weighted by Crippen LogP contribution is -2.18. The van der Waals surface area contributed by atoms with Crippen molar-refractivity contribution in [1.29, 1.82) is 0 Å². The molecule has 0 atom stereocenters. The van der Waals surface area contributed by atoms with Crippen molar-refractivity contribution in [2.24, 2.45) is 5.73 Å². The van der Waals surface area contributed by atoms with Crippen LogP contribution in [-0.2, 0) is 24.1 Å². The van der Waals surface area contributed by atoms with Gasteiger partial charge in [-0.1, -0.05) is 11.6 Å². The average Bonchev–Trinajstić information content (AvgIpc) is 3.46. The number of nitrogens with zero attached hydrogens (tertiary/aromatic N) is 5. The molecule has 14 heteroatoms. The van der Waals surface area contributed by atoms with Crippen LogP contribution in [0.25, 0.3) is 21.3 Å². The number of aromatic nitrogens is 5. The maximum Gasteiger partial charge on any atom is 0.433 e. The van der Waals surface area contributed by atoms with E-state index in [1.165, 1.54) is 0 Å². The fourth-order valence-corrected chi connectivity index (χ4v) is 5.14. The SMILES string of the molecule is CCn1cc(-c2cc(C(F)(F)F)nc3sc(C(N)=O)c(NC(=O)CCn4nc(C)c(Cl)c4C)c23)c(C)n1. The highest BCUT2D eigenvalue weighted by Gasteiger charge is 2.35. The molecule has 3 N–H and O–H groups in total. The van der Waals surface area contributed by atoms with Crippen molar-refractivity contribution < 1.29 is 22.8 Å². The van der Waals surface area contributed by atoms with Gasteiger partial charge >= 0.3 is 6.18 Å². The van der Waals surface area contributed by atoms with E-state index in [1.807, 2.05) is 6.92 Å². The number of carbonyl (C=O) groups is 2. The predicted molar refractivity (Wildman–Crippen MR) is 135 cm³/mol. The molecule has 0 bridgehead atoms. The second-order valence-corrected chi connectivity index (χ2v) is 9.77. The molecule has 0 unspecified atom stereocenters. The largest absolute Gasteiger partial charge is 0.433 e. The molecule has 0 spiro atoms. The summed E-state index contributed by atoms with van der Waals surface area (Å²) < 4.78 is 44.4. The summed E-state index contributed by atoms with van der Waals surface area (Å²) in [6, 6.07) is 0.900. The normalized spacial score (nSPS) is 11.9. The van der Waals surface area contributed by atoms with Crippen LogP contribution in [0.2, 0.25) is 5.02 Å². The van der Waals surface area contributed by atoms with Gasteiger partial charge in [-0.2, -0.15) is 23.4 Å². The first-order valence-corrected chi connectivity index (χ1v) is 12.4. The summed E-state index contributed by atoms with van der Waals surface area (Å²) in [6.45, 7) is 7.72. The number of alkyl halides is 3. The van der Waals surface area contributed by atoms with Crippen LogP contribution in [-0.4, -0.2) is 36.4 Å². The fourth-order valence-electron chi connectivity index (χ4n) is 4.00. The molecule has 37 heavy (non-hydrogen) atoms. The molecule has 196 valence electrons. The maximum atomic E-state index is 13.7. The van der Waals surface area contributed by atoms with Crippen molar-refractivity contribution in [3.05, 3.63) is 44.9 Å². The number of nitrogens with one attached hydrogen (secondary N) is 1. The fraction of sp³-hybridized carbons (Fsp3) is 0.348. The van der Waals surface area contributed by atoms with E-state index < -0.39 is 23.7 Å². The van der Waals surface area contributed by atoms with Crippen LogP contribution in [0, 0.1) is 20.8 Å². The van der Waals surface area contributed by atoms with Crippen LogP contribution in [0.1, 0.15) is 45.8 Å². The highest BCUT2D eigenvalue weighted by Crippen LogP contribution is 2.44. The lowest BCUT2D eigenvalue weighted by Gasteiger charge is -2.12. The first-order chi connectivity index (χ1) is 17.3. The van der Waals surface area contributed by atoms with Gasteiger partial charge in [0.1, 0.15) is 15.4 Å². The van der Waals surface area contributed by atoms with Crippen molar-refractivity contribution in [3.8, 4) is 11.1 Å². The summed E-state index contributed by atoms with van der Waals surface area (Å²) in [5.74, 6) is -1.39. The molecule has 0 fully saturated rings. The minimum Gasteiger partial charge on any atom is -0.365 e. The zero-order valence-electron chi connectivity index (χ0n) is 20.3. The molecule has 4 aromatic heterocycles. The molecular formula is C23H23ClF3N7O2S.